The molecular weight excluding hydrogens is 266 g/mol. The highest BCUT2D eigenvalue weighted by atomic mass is 32.2. The fourth-order valence-corrected chi connectivity index (χ4v) is 2.65. The summed E-state index contributed by atoms with van der Waals surface area (Å²) >= 11 is 0. The fourth-order valence-electron chi connectivity index (χ4n) is 1.51. The molecule has 0 bridgehead atoms. The maximum Gasteiger partial charge on any atom is 0.265 e. The minimum atomic E-state index is -3.82. The van der Waals surface area contributed by atoms with Crippen LogP contribution in [0.3, 0.4) is 0 Å². The number of nitrogen functional groups attached to an aromatic ring is 1. The smallest absolute Gasteiger partial charge is 0.265 e. The molecule has 0 aliphatic rings. The Bertz CT molecular complexity index is 714. The summed E-state index contributed by atoms with van der Waals surface area (Å²) in [5, 5.41) is 9.55. The molecule has 100 valence electrons. The predicted molar refractivity (Wildman–Crippen MR) is 72.3 cm³/mol. The van der Waals surface area contributed by atoms with Crippen molar-refractivity contribution in [3.05, 3.63) is 42.1 Å². The largest absolute Gasteiger partial charge is 0.508 e. The molecule has 0 amide bonds. The number of benzene rings is 1. The molecule has 7 heteroatoms. The van der Waals surface area contributed by atoms with Gasteiger partial charge < -0.3 is 10.8 Å². The lowest BCUT2D eigenvalue weighted by Crippen LogP contribution is -2.15. The zero-order valence-corrected chi connectivity index (χ0v) is 11.0. The van der Waals surface area contributed by atoms with Gasteiger partial charge in [0.05, 0.1) is 5.69 Å². The third-order valence-electron chi connectivity index (χ3n) is 2.55. The summed E-state index contributed by atoms with van der Waals surface area (Å²) in [5.74, 6) is -0.0642. The Morgan fingerprint density at radius 3 is 2.68 bits per heavy atom. The van der Waals surface area contributed by atoms with Gasteiger partial charge in [-0.2, -0.15) is 0 Å². The molecule has 4 N–H and O–H groups in total. The molecule has 0 aliphatic heterocycles. The summed E-state index contributed by atoms with van der Waals surface area (Å²) in [6.45, 7) is 1.71. The Balaban J connectivity index is 2.37. The normalized spacial score (nSPS) is 11.2. The van der Waals surface area contributed by atoms with Crippen LogP contribution in [-0.2, 0) is 10.0 Å². The van der Waals surface area contributed by atoms with Crippen LogP contribution in [-0.4, -0.2) is 18.5 Å². The van der Waals surface area contributed by atoms with Gasteiger partial charge in [-0.3, -0.25) is 4.72 Å². The third-order valence-corrected chi connectivity index (χ3v) is 3.98. The molecule has 0 fully saturated rings. The lowest BCUT2D eigenvalue weighted by molar-refractivity contribution is 0.471. The monoisotopic (exact) mass is 279 g/mol. The number of nitrogens with one attached hydrogen (secondary N) is 1. The topological polar surface area (TPSA) is 105 Å². The van der Waals surface area contributed by atoms with Crippen molar-refractivity contribution in [3.63, 3.8) is 0 Å². The second-order valence-electron chi connectivity index (χ2n) is 3.99. The summed E-state index contributed by atoms with van der Waals surface area (Å²) in [6.07, 6.45) is 1.41. The lowest BCUT2D eigenvalue weighted by Gasteiger charge is -2.10. The molecule has 6 nitrogen and oxygen atoms in total. The minimum absolute atomic E-state index is 0.0133. The average molecular weight is 279 g/mol. The second kappa shape index (κ2) is 4.77. The van der Waals surface area contributed by atoms with Gasteiger partial charge in [0.1, 0.15) is 16.5 Å². The molecule has 0 saturated carbocycles. The van der Waals surface area contributed by atoms with Crippen molar-refractivity contribution in [3.8, 4) is 5.75 Å². The van der Waals surface area contributed by atoms with E-state index >= 15 is 0 Å². The first kappa shape index (κ1) is 13.2. The summed E-state index contributed by atoms with van der Waals surface area (Å²) < 4.78 is 26.5. The van der Waals surface area contributed by atoms with E-state index in [0.29, 0.717) is 5.56 Å². The highest BCUT2D eigenvalue weighted by molar-refractivity contribution is 7.92. The molecule has 2 aromatic rings. The van der Waals surface area contributed by atoms with Crippen molar-refractivity contribution in [2.75, 3.05) is 10.5 Å². The number of pyridine rings is 1. The summed E-state index contributed by atoms with van der Waals surface area (Å²) in [6, 6.07) is 7.34. The zero-order valence-electron chi connectivity index (χ0n) is 10.2. The van der Waals surface area contributed by atoms with Gasteiger partial charge in [0.15, 0.2) is 0 Å². The molecule has 1 heterocycles. The maximum atomic E-state index is 12.1. The highest BCUT2D eigenvalue weighted by Crippen LogP contribution is 2.24. The van der Waals surface area contributed by atoms with Gasteiger partial charge in [0, 0.05) is 12.3 Å². The first-order chi connectivity index (χ1) is 8.90. The number of anilines is 2. The van der Waals surface area contributed by atoms with E-state index in [1.54, 1.807) is 19.1 Å². The lowest BCUT2D eigenvalue weighted by atomic mass is 10.2. The number of nitrogens with two attached hydrogens (primary N) is 1. The summed E-state index contributed by atoms with van der Waals surface area (Å²) in [5.41, 5.74) is 6.45. The Labute approximate surface area is 111 Å². The molecule has 0 atom stereocenters. The van der Waals surface area contributed by atoms with Gasteiger partial charge in [-0.05, 0) is 30.7 Å². The van der Waals surface area contributed by atoms with E-state index in [2.05, 4.69) is 9.71 Å². The van der Waals surface area contributed by atoms with E-state index in [1.165, 1.54) is 24.4 Å². The first-order valence-electron chi connectivity index (χ1n) is 5.43. The van der Waals surface area contributed by atoms with Gasteiger partial charge in [-0.15, -0.1) is 0 Å². The number of phenolic OH excluding ortho intramolecular Hbond substituents is 1. The van der Waals surface area contributed by atoms with Crippen LogP contribution < -0.4 is 10.5 Å². The summed E-state index contributed by atoms with van der Waals surface area (Å²) in [7, 11) is -3.82. The predicted octanol–water partition coefficient (Wildman–Crippen LogP) is 1.48. The SMILES string of the molecule is Cc1ccc(NS(=O)(=O)c2cccnc2N)cc1O. The quantitative estimate of drug-likeness (QED) is 0.789. The van der Waals surface area contributed by atoms with Gasteiger partial charge in [0.2, 0.25) is 0 Å². The molecule has 0 radical (unpaired) electrons. The molecule has 0 aliphatic carbocycles. The van der Waals surface area contributed by atoms with Crippen molar-refractivity contribution in [1.29, 1.82) is 0 Å². The number of aromatic hydroxyl groups is 1. The number of nitrogens with zero attached hydrogens (tertiary/aromatic N) is 1. The van der Waals surface area contributed by atoms with E-state index < -0.39 is 10.0 Å². The van der Waals surface area contributed by atoms with Crippen molar-refractivity contribution >= 4 is 21.5 Å². The standard InChI is InChI=1S/C12H13N3O3S/c1-8-4-5-9(7-10(8)16)15-19(17,18)11-3-2-6-14-12(11)13/h2-7,15-16H,1H3,(H2,13,14). The number of aryl methyl sites for hydroxylation is 1. The van der Waals surface area contributed by atoms with Crippen LogP contribution in [0.5, 0.6) is 5.75 Å². The fraction of sp³-hybridized carbons (Fsp3) is 0.0833. The van der Waals surface area contributed by atoms with Gasteiger partial charge in [0.25, 0.3) is 10.0 Å². The Kier molecular flexibility index (Phi) is 3.30. The van der Waals surface area contributed by atoms with Crippen molar-refractivity contribution in [1.82, 2.24) is 4.98 Å². The number of hydrogen-bond acceptors (Lipinski definition) is 5. The molecule has 0 spiro atoms. The maximum absolute atomic E-state index is 12.1. The molecule has 2 rings (SSSR count). The average Bonchev–Trinajstić information content (AvgIpc) is 2.34. The summed E-state index contributed by atoms with van der Waals surface area (Å²) in [4.78, 5) is 3.63. The highest BCUT2D eigenvalue weighted by Gasteiger charge is 2.18. The van der Waals surface area contributed by atoms with Crippen LogP contribution in [0.2, 0.25) is 0 Å². The van der Waals surface area contributed by atoms with Gasteiger partial charge >= 0.3 is 0 Å². The van der Waals surface area contributed by atoms with Crippen LogP contribution in [0.15, 0.2) is 41.4 Å². The van der Waals surface area contributed by atoms with Crippen LogP contribution in [0, 0.1) is 6.92 Å². The number of phenols is 1. The van der Waals surface area contributed by atoms with Crippen LogP contribution in [0.1, 0.15) is 5.56 Å². The molecule has 19 heavy (non-hydrogen) atoms. The number of sulfonamides is 1. The first-order valence-corrected chi connectivity index (χ1v) is 6.91. The van der Waals surface area contributed by atoms with Gasteiger partial charge in [-0.1, -0.05) is 6.07 Å². The Hall–Kier alpha value is -2.28. The van der Waals surface area contributed by atoms with E-state index in [4.69, 9.17) is 5.73 Å². The van der Waals surface area contributed by atoms with Crippen LogP contribution in [0.4, 0.5) is 11.5 Å². The van der Waals surface area contributed by atoms with E-state index in [9.17, 15) is 13.5 Å². The van der Waals surface area contributed by atoms with Crippen LogP contribution >= 0.6 is 0 Å². The Morgan fingerprint density at radius 2 is 2.05 bits per heavy atom. The van der Waals surface area contributed by atoms with Crippen molar-refractivity contribution < 1.29 is 13.5 Å². The number of aromatic nitrogens is 1. The van der Waals surface area contributed by atoms with Gasteiger partial charge in [-0.25, -0.2) is 13.4 Å². The molecule has 1 aromatic carbocycles. The molecule has 0 saturated heterocycles. The van der Waals surface area contributed by atoms with E-state index in [0.717, 1.165) is 0 Å². The van der Waals surface area contributed by atoms with E-state index in [1.807, 2.05) is 0 Å². The molecular formula is C12H13N3O3S. The van der Waals surface area contributed by atoms with Crippen LogP contribution in [0.25, 0.3) is 0 Å². The third kappa shape index (κ3) is 2.76. The number of rotatable bonds is 3. The zero-order chi connectivity index (χ0) is 14.0. The Morgan fingerprint density at radius 1 is 1.32 bits per heavy atom. The molecule has 0 unspecified atom stereocenters. The minimum Gasteiger partial charge on any atom is -0.508 e. The second-order valence-corrected chi connectivity index (χ2v) is 5.64. The molecule has 1 aromatic heterocycles. The van der Waals surface area contributed by atoms with Crippen molar-refractivity contribution in [2.24, 2.45) is 0 Å². The van der Waals surface area contributed by atoms with E-state index in [-0.39, 0.29) is 22.2 Å². The van der Waals surface area contributed by atoms with Crippen molar-refractivity contribution in [2.45, 2.75) is 11.8 Å². The number of hydrogen-bond donors (Lipinski definition) is 3.